The van der Waals surface area contributed by atoms with Gasteiger partial charge in [0.2, 0.25) is 0 Å². The van der Waals surface area contributed by atoms with Crippen LogP contribution in [0.4, 0.5) is 0 Å². The van der Waals surface area contributed by atoms with Crippen LogP contribution < -0.4 is 5.73 Å². The molecule has 0 aromatic rings. The summed E-state index contributed by atoms with van der Waals surface area (Å²) >= 11 is 0. The summed E-state index contributed by atoms with van der Waals surface area (Å²) in [7, 11) is 0. The quantitative estimate of drug-likeness (QED) is 0.555. The van der Waals surface area contributed by atoms with Crippen LogP contribution in [0.25, 0.3) is 0 Å². The van der Waals surface area contributed by atoms with Crippen molar-refractivity contribution in [2.75, 3.05) is 0 Å². The van der Waals surface area contributed by atoms with Crippen molar-refractivity contribution in [3.8, 4) is 0 Å². The molecule has 0 saturated carbocycles. The number of allylic oxidation sites excluding steroid dienone is 3. The Morgan fingerprint density at radius 1 is 1.53 bits per heavy atom. The first-order valence-corrected chi connectivity index (χ1v) is 5.08. The van der Waals surface area contributed by atoms with Crippen molar-refractivity contribution in [3.63, 3.8) is 0 Å². The smallest absolute Gasteiger partial charge is 0.149 e. The molecule has 2 nitrogen and oxygen atoms in total. The van der Waals surface area contributed by atoms with Gasteiger partial charge < -0.3 is 10.5 Å². The summed E-state index contributed by atoms with van der Waals surface area (Å²) < 4.78 is 5.46. The molecule has 0 bridgehead atoms. The Morgan fingerprint density at radius 3 is 2.67 bits per heavy atom. The van der Waals surface area contributed by atoms with Gasteiger partial charge in [-0.3, -0.25) is 0 Å². The second-order valence-electron chi connectivity index (χ2n) is 4.65. The van der Waals surface area contributed by atoms with Gasteiger partial charge in [-0.1, -0.05) is 31.7 Å². The Balaban J connectivity index is 0.00000225. The van der Waals surface area contributed by atoms with Gasteiger partial charge in [0.05, 0.1) is 5.70 Å². The van der Waals surface area contributed by atoms with E-state index in [4.69, 9.17) is 10.5 Å². The largest absolute Gasteiger partial charge is 0.455 e. The number of nitrogens with two attached hydrogens (primary N) is 1. The fourth-order valence-corrected chi connectivity index (χ4v) is 1.85. The lowest BCUT2D eigenvalue weighted by Crippen LogP contribution is -2.27. The summed E-state index contributed by atoms with van der Waals surface area (Å²) in [6.45, 7) is 11.9. The maximum atomic E-state index is 6.10. The number of rotatable bonds is 2. The molecule has 0 aromatic heterocycles. The van der Waals surface area contributed by atoms with E-state index in [-0.39, 0.29) is 6.84 Å². The van der Waals surface area contributed by atoms with Crippen LogP contribution in [0.5, 0.6) is 0 Å². The van der Waals surface area contributed by atoms with Crippen molar-refractivity contribution in [2.45, 2.75) is 34.1 Å². The van der Waals surface area contributed by atoms with Crippen molar-refractivity contribution >= 4 is 0 Å². The van der Waals surface area contributed by atoms with Gasteiger partial charge in [-0.25, -0.2) is 0 Å². The Labute approximate surface area is 93.3 Å². The normalized spacial score (nSPS) is 20.0. The molecule has 1 aliphatic carbocycles. The van der Waals surface area contributed by atoms with Crippen LogP contribution in [0.3, 0.4) is 0 Å². The molecule has 0 amide bonds. The van der Waals surface area contributed by atoms with E-state index < -0.39 is 0 Å². The third-order valence-electron chi connectivity index (χ3n) is 2.92. The lowest BCUT2D eigenvalue weighted by molar-refractivity contribution is 0.313. The number of hydrogen-bond donors (Lipinski definition) is 1. The van der Waals surface area contributed by atoms with Crippen LogP contribution >= 0.6 is 0 Å². The fourth-order valence-electron chi connectivity index (χ4n) is 1.85. The summed E-state index contributed by atoms with van der Waals surface area (Å²) in [6, 6.07) is 0. The van der Waals surface area contributed by atoms with Crippen LogP contribution in [0.2, 0.25) is 0 Å². The molecule has 0 heterocycles. The Morgan fingerprint density at radius 2 is 2.13 bits per heavy atom. The summed E-state index contributed by atoms with van der Waals surface area (Å²) in [5.41, 5.74) is 11.9. The van der Waals surface area contributed by atoms with E-state index in [2.05, 4.69) is 33.1 Å². The third kappa shape index (κ3) is 2.16. The average Bonchev–Trinajstić information content (AvgIpc) is 2.15. The second kappa shape index (κ2) is 4.00. The number of hydrogen-bond acceptors (Lipinski definition) is 2. The van der Waals surface area contributed by atoms with Gasteiger partial charge in [0.15, 0.2) is 0 Å². The number of ether oxygens (including phenoxy) is 1. The predicted molar refractivity (Wildman–Crippen MR) is 64.9 cm³/mol. The van der Waals surface area contributed by atoms with E-state index in [0.717, 1.165) is 23.5 Å². The maximum absolute atomic E-state index is 6.10. The molecule has 0 fully saturated rings. The molecule has 2 heteroatoms. The van der Waals surface area contributed by atoms with Crippen molar-refractivity contribution in [1.82, 2.24) is 0 Å². The van der Waals surface area contributed by atoms with Crippen LogP contribution in [0, 0.1) is 5.41 Å². The minimum absolute atomic E-state index is 0. The summed E-state index contributed by atoms with van der Waals surface area (Å²) in [5, 5.41) is 0. The summed E-state index contributed by atoms with van der Waals surface area (Å²) in [4.78, 5) is 0. The summed E-state index contributed by atoms with van der Waals surface area (Å²) in [6.07, 6.45) is 2.43. The van der Waals surface area contributed by atoms with E-state index in [9.17, 15) is 0 Å². The van der Waals surface area contributed by atoms with E-state index in [1.54, 1.807) is 0 Å². The molecule has 0 spiro atoms. The minimum atomic E-state index is -0.0338. The zero-order chi connectivity index (χ0) is 11.6. The van der Waals surface area contributed by atoms with Crippen molar-refractivity contribution in [3.05, 3.63) is 41.2 Å². The lowest BCUT2D eigenvalue weighted by Gasteiger charge is -2.33. The van der Waals surface area contributed by atoms with Crippen molar-refractivity contribution in [2.24, 2.45) is 11.1 Å². The Kier molecular flexibility index (Phi) is 3.11. The van der Waals surface area contributed by atoms with Gasteiger partial charge in [-0.15, -0.1) is 0 Å². The molecule has 1 aliphatic rings. The molecule has 2 N–H and O–H groups in total. The molecule has 1 rings (SSSR count). The Bertz CT molecular complexity index is 385. The van der Waals surface area contributed by atoms with Crippen LogP contribution in [0.1, 0.15) is 35.5 Å². The topological polar surface area (TPSA) is 35.2 Å². The first kappa shape index (κ1) is 11.7. The molecular formula is C13H21NO. The lowest BCUT2D eigenvalue weighted by atomic mass is 9.76. The van der Waals surface area contributed by atoms with E-state index >= 15 is 0 Å². The SMILES string of the molecule is C=C=COC1=C(N)C(C)(C)CC(C)=C1C.[HH]. The van der Waals surface area contributed by atoms with Crippen LogP contribution in [-0.2, 0) is 4.74 Å². The highest BCUT2D eigenvalue weighted by Gasteiger charge is 2.31. The average molecular weight is 207 g/mol. The fraction of sp³-hybridized carbons (Fsp3) is 0.462. The van der Waals surface area contributed by atoms with Gasteiger partial charge in [0, 0.05) is 6.84 Å². The minimum Gasteiger partial charge on any atom is -0.455 e. The van der Waals surface area contributed by atoms with E-state index in [1.807, 2.05) is 6.92 Å². The molecule has 0 aliphatic heterocycles. The third-order valence-corrected chi connectivity index (χ3v) is 2.92. The van der Waals surface area contributed by atoms with E-state index in [1.165, 1.54) is 11.8 Å². The standard InChI is InChI=1S/C13H19NO.H2/c1-6-7-15-11-10(3)9(2)8-13(4,5)12(11)14;/h7H,1,8,14H2,2-5H3;1H. The highest BCUT2D eigenvalue weighted by atomic mass is 16.5. The molecule has 15 heavy (non-hydrogen) atoms. The molecule has 0 radical (unpaired) electrons. The predicted octanol–water partition coefficient (Wildman–Crippen LogP) is 3.48. The first-order chi connectivity index (χ1) is 6.90. The van der Waals surface area contributed by atoms with E-state index in [0.29, 0.717) is 0 Å². The molecule has 0 unspecified atom stereocenters. The van der Waals surface area contributed by atoms with Gasteiger partial charge in [0.25, 0.3) is 0 Å². The molecule has 84 valence electrons. The van der Waals surface area contributed by atoms with Crippen LogP contribution in [0.15, 0.2) is 41.2 Å². The molecular weight excluding hydrogens is 186 g/mol. The van der Waals surface area contributed by atoms with Gasteiger partial charge >= 0.3 is 0 Å². The van der Waals surface area contributed by atoms with Gasteiger partial charge in [-0.05, 0) is 25.8 Å². The monoisotopic (exact) mass is 207 g/mol. The first-order valence-electron chi connectivity index (χ1n) is 5.08. The summed E-state index contributed by atoms with van der Waals surface area (Å²) in [5.74, 6) is 0.764. The molecule has 0 atom stereocenters. The zero-order valence-corrected chi connectivity index (χ0v) is 9.98. The Hall–Kier alpha value is -1.40. The van der Waals surface area contributed by atoms with Gasteiger partial charge in [-0.2, -0.15) is 0 Å². The second-order valence-corrected chi connectivity index (χ2v) is 4.65. The highest BCUT2D eigenvalue weighted by molar-refractivity contribution is 5.39. The maximum Gasteiger partial charge on any atom is 0.149 e. The highest BCUT2D eigenvalue weighted by Crippen LogP contribution is 2.40. The van der Waals surface area contributed by atoms with Crippen molar-refractivity contribution in [1.29, 1.82) is 0 Å². The molecule has 0 saturated heterocycles. The van der Waals surface area contributed by atoms with Crippen molar-refractivity contribution < 1.29 is 6.16 Å². The zero-order valence-electron chi connectivity index (χ0n) is 9.98. The van der Waals surface area contributed by atoms with Crippen LogP contribution in [-0.4, -0.2) is 0 Å². The van der Waals surface area contributed by atoms with Gasteiger partial charge in [0.1, 0.15) is 12.0 Å². The molecule has 0 aromatic carbocycles.